The zero-order valence-corrected chi connectivity index (χ0v) is 20.6. The van der Waals surface area contributed by atoms with Crippen LogP contribution in [-0.4, -0.2) is 40.8 Å². The number of Topliss-reactive ketones (excluding diaryl/α,β-unsaturated/α-hetero) is 1. The van der Waals surface area contributed by atoms with E-state index in [0.717, 1.165) is 0 Å². The second-order valence-corrected chi connectivity index (χ2v) is 8.25. The number of anilines is 1. The normalized spacial score (nSPS) is 12.7. The zero-order valence-electron chi connectivity index (χ0n) is 20.6. The van der Waals surface area contributed by atoms with E-state index in [-0.39, 0.29) is 11.5 Å². The Hall–Kier alpha value is -4.21. The Morgan fingerprint density at radius 1 is 1.00 bits per heavy atom. The van der Waals surface area contributed by atoms with Crippen LogP contribution < -0.4 is 10.8 Å². The van der Waals surface area contributed by atoms with Gasteiger partial charge in [0.2, 0.25) is 0 Å². The van der Waals surface area contributed by atoms with E-state index in [4.69, 9.17) is 14.7 Å². The van der Waals surface area contributed by atoms with Crippen molar-refractivity contribution in [3.05, 3.63) is 83.9 Å². The molecular formula is C28H30N2O7. The van der Waals surface area contributed by atoms with Crippen LogP contribution in [0.4, 0.5) is 10.5 Å². The number of ketones is 1. The van der Waals surface area contributed by atoms with Crippen molar-refractivity contribution in [1.29, 1.82) is 0 Å². The highest BCUT2D eigenvalue weighted by molar-refractivity contribution is 5.95. The summed E-state index contributed by atoms with van der Waals surface area (Å²) in [6, 6.07) is 16.9. The highest BCUT2D eigenvalue weighted by atomic mass is 16.6. The first-order chi connectivity index (χ1) is 17.8. The molecular weight excluding hydrogens is 476 g/mol. The van der Waals surface area contributed by atoms with Gasteiger partial charge in [-0.1, -0.05) is 36.4 Å². The number of ether oxygens (including phenoxy) is 2. The monoisotopic (exact) mass is 506 g/mol. The first-order valence-corrected chi connectivity index (χ1v) is 11.9. The molecule has 4 N–H and O–H groups in total. The number of benzene rings is 3. The quantitative estimate of drug-likeness (QED) is 0.120. The molecule has 0 heterocycles. The molecule has 0 radical (unpaired) electrons. The van der Waals surface area contributed by atoms with Gasteiger partial charge in [0.1, 0.15) is 5.75 Å². The first kappa shape index (κ1) is 27.4. The Morgan fingerprint density at radius 2 is 1.70 bits per heavy atom. The Morgan fingerprint density at radius 3 is 2.35 bits per heavy atom. The van der Waals surface area contributed by atoms with Gasteiger partial charge in [-0.05, 0) is 62.4 Å². The number of phenols is 1. The molecule has 2 amide bonds. The van der Waals surface area contributed by atoms with Gasteiger partial charge in [0, 0.05) is 34.9 Å². The summed E-state index contributed by atoms with van der Waals surface area (Å²) < 4.78 is 11.9. The van der Waals surface area contributed by atoms with Crippen molar-refractivity contribution in [1.82, 2.24) is 5.48 Å². The number of hydrogen-bond acceptors (Lipinski definition) is 7. The standard InChI is InChI=1S/C28H30N2O7/c1-3-36-25(10-6-7-11-26(33)30-35)27(23-16-17-24(32)22-9-5-4-8-21(22)23)37-28(34)29-20-14-12-19(13-15-20)18(2)31/h4-5,7-9,11-17,25,27,32,35H,3,6,10H2,1-2H3,(H,29,34)(H,30,33)/b11-7+/t25-,27-/m0/s1. The van der Waals surface area contributed by atoms with Gasteiger partial charge in [0.15, 0.2) is 11.9 Å². The number of carbonyl (C=O) groups is 3. The van der Waals surface area contributed by atoms with Gasteiger partial charge < -0.3 is 14.6 Å². The van der Waals surface area contributed by atoms with Crippen LogP contribution in [0.25, 0.3) is 10.8 Å². The fourth-order valence-electron chi connectivity index (χ4n) is 3.97. The van der Waals surface area contributed by atoms with E-state index in [2.05, 4.69) is 5.32 Å². The molecule has 3 aromatic carbocycles. The number of allylic oxidation sites excluding steroid dienone is 1. The number of nitrogens with one attached hydrogen (secondary N) is 2. The molecule has 0 fully saturated rings. The van der Waals surface area contributed by atoms with Crippen molar-refractivity contribution in [3.63, 3.8) is 0 Å². The number of amides is 2. The summed E-state index contributed by atoms with van der Waals surface area (Å²) in [5.41, 5.74) is 3.15. The maximum atomic E-state index is 13.0. The maximum Gasteiger partial charge on any atom is 0.412 e. The molecule has 9 heteroatoms. The second kappa shape index (κ2) is 13.2. The maximum absolute atomic E-state index is 13.0. The number of carbonyl (C=O) groups excluding carboxylic acids is 3. The summed E-state index contributed by atoms with van der Waals surface area (Å²) in [5, 5.41) is 23.0. The average Bonchev–Trinajstić information content (AvgIpc) is 2.90. The number of rotatable bonds is 11. The number of hydrogen-bond donors (Lipinski definition) is 4. The van der Waals surface area contributed by atoms with E-state index in [1.54, 1.807) is 54.6 Å². The Bertz CT molecular complexity index is 1270. The molecule has 0 unspecified atom stereocenters. The molecule has 9 nitrogen and oxygen atoms in total. The van der Waals surface area contributed by atoms with Crippen LogP contribution in [0, 0.1) is 0 Å². The van der Waals surface area contributed by atoms with Crippen LogP contribution in [0.5, 0.6) is 5.75 Å². The van der Waals surface area contributed by atoms with Crippen molar-refractivity contribution >= 4 is 34.2 Å². The predicted octanol–water partition coefficient (Wildman–Crippen LogP) is 5.28. The molecule has 0 aliphatic heterocycles. The van der Waals surface area contributed by atoms with Gasteiger partial charge in [-0.2, -0.15) is 0 Å². The van der Waals surface area contributed by atoms with Gasteiger partial charge in [-0.3, -0.25) is 20.1 Å². The average molecular weight is 507 g/mol. The summed E-state index contributed by atoms with van der Waals surface area (Å²) in [6.07, 6.45) is 1.41. The zero-order chi connectivity index (χ0) is 26.8. The Kier molecular flexibility index (Phi) is 9.76. The molecule has 0 spiro atoms. The molecule has 0 aliphatic carbocycles. The summed E-state index contributed by atoms with van der Waals surface area (Å²) in [4.78, 5) is 35.8. The molecule has 3 aromatic rings. The highest BCUT2D eigenvalue weighted by Crippen LogP contribution is 2.36. The SMILES string of the molecule is CCO[C@@H](CC/C=C/C(=O)NO)[C@@H](OC(=O)Nc1ccc(C(C)=O)cc1)c1ccc(O)c2ccccc12. The largest absolute Gasteiger partial charge is 0.507 e. The van der Waals surface area contributed by atoms with E-state index in [1.165, 1.54) is 18.5 Å². The summed E-state index contributed by atoms with van der Waals surface area (Å²) >= 11 is 0. The molecule has 2 atom stereocenters. The lowest BCUT2D eigenvalue weighted by Crippen LogP contribution is -2.29. The van der Waals surface area contributed by atoms with Gasteiger partial charge in [-0.25, -0.2) is 10.3 Å². The van der Waals surface area contributed by atoms with Crippen molar-refractivity contribution < 1.29 is 34.2 Å². The Labute approximate surface area is 214 Å². The van der Waals surface area contributed by atoms with E-state index in [1.807, 2.05) is 19.1 Å². The summed E-state index contributed by atoms with van der Waals surface area (Å²) in [6.45, 7) is 3.63. The fraction of sp³-hybridized carbons (Fsp3) is 0.250. The topological polar surface area (TPSA) is 134 Å². The minimum atomic E-state index is -0.859. The molecule has 3 rings (SSSR count). The minimum Gasteiger partial charge on any atom is -0.507 e. The second-order valence-electron chi connectivity index (χ2n) is 8.25. The Balaban J connectivity index is 1.92. The van der Waals surface area contributed by atoms with Crippen LogP contribution in [-0.2, 0) is 14.3 Å². The third kappa shape index (κ3) is 7.39. The molecule has 0 saturated heterocycles. The molecule has 0 saturated carbocycles. The van der Waals surface area contributed by atoms with Crippen LogP contribution in [0.3, 0.4) is 0 Å². The van der Waals surface area contributed by atoms with Crippen molar-refractivity contribution in [2.75, 3.05) is 11.9 Å². The van der Waals surface area contributed by atoms with Crippen LogP contribution in [0.1, 0.15) is 48.7 Å². The molecule has 37 heavy (non-hydrogen) atoms. The van der Waals surface area contributed by atoms with E-state index >= 15 is 0 Å². The number of fused-ring (bicyclic) bond motifs is 1. The number of aromatic hydroxyl groups is 1. The summed E-state index contributed by atoms with van der Waals surface area (Å²) in [5.74, 6) is -0.641. The van der Waals surface area contributed by atoms with Crippen molar-refractivity contribution in [2.24, 2.45) is 0 Å². The number of hydroxylamine groups is 1. The van der Waals surface area contributed by atoms with Gasteiger partial charge in [0.05, 0.1) is 6.10 Å². The molecule has 0 aromatic heterocycles. The first-order valence-electron chi connectivity index (χ1n) is 11.9. The lowest BCUT2D eigenvalue weighted by atomic mass is 9.94. The van der Waals surface area contributed by atoms with Crippen LogP contribution >= 0.6 is 0 Å². The smallest absolute Gasteiger partial charge is 0.412 e. The van der Waals surface area contributed by atoms with Gasteiger partial charge in [0.25, 0.3) is 5.91 Å². The van der Waals surface area contributed by atoms with Crippen molar-refractivity contribution in [3.8, 4) is 5.75 Å². The lowest BCUT2D eigenvalue weighted by molar-refractivity contribution is -0.124. The number of phenolic OH excluding ortho intramolecular Hbond substituents is 1. The molecule has 194 valence electrons. The summed E-state index contributed by atoms with van der Waals surface area (Å²) in [7, 11) is 0. The third-order valence-corrected chi connectivity index (χ3v) is 5.73. The predicted molar refractivity (Wildman–Crippen MR) is 139 cm³/mol. The minimum absolute atomic E-state index is 0.0847. The molecule has 0 aliphatic rings. The van der Waals surface area contributed by atoms with E-state index in [0.29, 0.717) is 47.0 Å². The third-order valence-electron chi connectivity index (χ3n) is 5.73. The fourth-order valence-corrected chi connectivity index (χ4v) is 3.97. The van der Waals surface area contributed by atoms with E-state index < -0.39 is 24.2 Å². The van der Waals surface area contributed by atoms with Gasteiger partial charge in [-0.15, -0.1) is 0 Å². The van der Waals surface area contributed by atoms with Crippen LogP contribution in [0.2, 0.25) is 0 Å². The van der Waals surface area contributed by atoms with Crippen LogP contribution in [0.15, 0.2) is 72.8 Å². The van der Waals surface area contributed by atoms with Crippen molar-refractivity contribution in [2.45, 2.75) is 38.9 Å². The van der Waals surface area contributed by atoms with Gasteiger partial charge >= 0.3 is 6.09 Å². The van der Waals surface area contributed by atoms with E-state index in [9.17, 15) is 19.5 Å². The highest BCUT2D eigenvalue weighted by Gasteiger charge is 2.29. The lowest BCUT2D eigenvalue weighted by Gasteiger charge is -2.28. The molecule has 0 bridgehead atoms.